The second-order valence-electron chi connectivity index (χ2n) is 4.74. The normalized spacial score (nSPS) is 10.9. The highest BCUT2D eigenvalue weighted by atomic mass is 15.3. The van der Waals surface area contributed by atoms with E-state index in [2.05, 4.69) is 36.1 Å². The Morgan fingerprint density at radius 2 is 2.05 bits per heavy atom. The van der Waals surface area contributed by atoms with Gasteiger partial charge in [0.05, 0.1) is 11.4 Å². The number of aromatic nitrogens is 4. The molecule has 0 aliphatic rings. The highest BCUT2D eigenvalue weighted by molar-refractivity contribution is 5.33. The number of nitrogens with zero attached hydrogens (tertiary/aromatic N) is 4. The SMILES string of the molecule is CCCNCc1c(CC)nn(-c2ccncn2)c1CC. The van der Waals surface area contributed by atoms with Crippen molar-refractivity contribution in [3.63, 3.8) is 0 Å². The molecule has 0 aliphatic heterocycles. The Labute approximate surface area is 120 Å². The van der Waals surface area contributed by atoms with Crippen LogP contribution < -0.4 is 5.32 Å². The smallest absolute Gasteiger partial charge is 0.156 e. The molecule has 0 unspecified atom stereocenters. The third-order valence-electron chi connectivity index (χ3n) is 3.35. The van der Waals surface area contributed by atoms with Gasteiger partial charge in [-0.25, -0.2) is 14.6 Å². The molecule has 5 heteroatoms. The first kappa shape index (κ1) is 14.7. The second kappa shape index (κ2) is 7.14. The third-order valence-corrected chi connectivity index (χ3v) is 3.35. The topological polar surface area (TPSA) is 55.6 Å². The van der Waals surface area contributed by atoms with E-state index in [1.54, 1.807) is 12.5 Å². The average Bonchev–Trinajstić information content (AvgIpc) is 2.86. The number of hydrogen-bond donors (Lipinski definition) is 1. The molecule has 0 spiro atoms. The van der Waals surface area contributed by atoms with Gasteiger partial charge < -0.3 is 5.32 Å². The third kappa shape index (κ3) is 3.04. The number of hydrogen-bond acceptors (Lipinski definition) is 4. The summed E-state index contributed by atoms with van der Waals surface area (Å²) >= 11 is 0. The van der Waals surface area contributed by atoms with E-state index < -0.39 is 0 Å². The Balaban J connectivity index is 2.38. The fourth-order valence-electron chi connectivity index (χ4n) is 2.38. The molecule has 0 fully saturated rings. The van der Waals surface area contributed by atoms with Crippen LogP contribution in [0.3, 0.4) is 0 Å². The zero-order valence-electron chi connectivity index (χ0n) is 12.6. The van der Waals surface area contributed by atoms with Crippen LogP contribution in [0.25, 0.3) is 5.82 Å². The van der Waals surface area contributed by atoms with Gasteiger partial charge in [-0.15, -0.1) is 0 Å². The zero-order valence-corrected chi connectivity index (χ0v) is 12.6. The Morgan fingerprint density at radius 3 is 2.65 bits per heavy atom. The van der Waals surface area contributed by atoms with Crippen molar-refractivity contribution in [2.24, 2.45) is 0 Å². The molecule has 108 valence electrons. The van der Waals surface area contributed by atoms with Crippen LogP contribution in [0.4, 0.5) is 0 Å². The molecule has 2 aromatic heterocycles. The van der Waals surface area contributed by atoms with E-state index in [4.69, 9.17) is 5.10 Å². The van der Waals surface area contributed by atoms with E-state index in [9.17, 15) is 0 Å². The summed E-state index contributed by atoms with van der Waals surface area (Å²) < 4.78 is 1.96. The van der Waals surface area contributed by atoms with Crippen LogP contribution in [0.1, 0.15) is 44.1 Å². The van der Waals surface area contributed by atoms with Gasteiger partial charge in [0.15, 0.2) is 5.82 Å². The van der Waals surface area contributed by atoms with Gasteiger partial charge in [-0.05, 0) is 25.8 Å². The monoisotopic (exact) mass is 273 g/mol. The Morgan fingerprint density at radius 1 is 1.20 bits per heavy atom. The number of aryl methyl sites for hydroxylation is 1. The Bertz CT molecular complexity index is 533. The van der Waals surface area contributed by atoms with Gasteiger partial charge in [-0.3, -0.25) is 0 Å². The molecule has 0 radical (unpaired) electrons. The lowest BCUT2D eigenvalue weighted by molar-refractivity contribution is 0.666. The summed E-state index contributed by atoms with van der Waals surface area (Å²) in [5.41, 5.74) is 3.72. The summed E-state index contributed by atoms with van der Waals surface area (Å²) in [4.78, 5) is 8.28. The average molecular weight is 273 g/mol. The fraction of sp³-hybridized carbons (Fsp3) is 0.533. The fourth-order valence-corrected chi connectivity index (χ4v) is 2.38. The first-order valence-corrected chi connectivity index (χ1v) is 7.38. The Hall–Kier alpha value is -1.75. The van der Waals surface area contributed by atoms with Crippen LogP contribution in [-0.2, 0) is 19.4 Å². The van der Waals surface area contributed by atoms with Gasteiger partial charge in [0.1, 0.15) is 6.33 Å². The molecule has 0 atom stereocenters. The maximum absolute atomic E-state index is 4.73. The lowest BCUT2D eigenvalue weighted by atomic mass is 10.1. The number of nitrogens with one attached hydrogen (secondary N) is 1. The summed E-state index contributed by atoms with van der Waals surface area (Å²) in [6, 6.07) is 1.90. The molecule has 0 aliphatic carbocycles. The van der Waals surface area contributed by atoms with E-state index in [1.807, 2.05) is 10.7 Å². The highest BCUT2D eigenvalue weighted by Gasteiger charge is 2.16. The summed E-state index contributed by atoms with van der Waals surface area (Å²) in [5.74, 6) is 0.841. The molecule has 0 saturated carbocycles. The van der Waals surface area contributed by atoms with E-state index in [-0.39, 0.29) is 0 Å². The van der Waals surface area contributed by atoms with Crippen molar-refractivity contribution < 1.29 is 0 Å². The molecule has 2 heterocycles. The van der Waals surface area contributed by atoms with E-state index in [1.165, 1.54) is 11.3 Å². The lowest BCUT2D eigenvalue weighted by Crippen LogP contribution is -2.16. The summed E-state index contributed by atoms with van der Waals surface area (Å²) in [6.45, 7) is 8.40. The van der Waals surface area contributed by atoms with Crippen molar-refractivity contribution in [3.05, 3.63) is 35.5 Å². The molecule has 2 rings (SSSR count). The lowest BCUT2D eigenvalue weighted by Gasteiger charge is -2.07. The minimum Gasteiger partial charge on any atom is -0.313 e. The second-order valence-corrected chi connectivity index (χ2v) is 4.74. The molecule has 0 amide bonds. The van der Waals surface area contributed by atoms with Crippen LogP contribution in [0.15, 0.2) is 18.6 Å². The maximum Gasteiger partial charge on any atom is 0.156 e. The van der Waals surface area contributed by atoms with Crippen molar-refractivity contribution in [1.29, 1.82) is 0 Å². The van der Waals surface area contributed by atoms with Gasteiger partial charge in [-0.2, -0.15) is 5.10 Å². The van der Waals surface area contributed by atoms with Crippen LogP contribution >= 0.6 is 0 Å². The Kier molecular flexibility index (Phi) is 5.24. The zero-order chi connectivity index (χ0) is 14.4. The summed E-state index contributed by atoms with van der Waals surface area (Å²) in [6.07, 6.45) is 6.35. The van der Waals surface area contributed by atoms with Gasteiger partial charge in [-0.1, -0.05) is 20.8 Å². The minimum absolute atomic E-state index is 0.841. The first-order chi connectivity index (χ1) is 9.81. The van der Waals surface area contributed by atoms with Crippen LogP contribution in [-0.4, -0.2) is 26.3 Å². The highest BCUT2D eigenvalue weighted by Crippen LogP contribution is 2.19. The minimum atomic E-state index is 0.841. The van der Waals surface area contributed by atoms with Crippen molar-refractivity contribution >= 4 is 0 Å². The van der Waals surface area contributed by atoms with E-state index in [0.29, 0.717) is 0 Å². The van der Waals surface area contributed by atoms with Crippen molar-refractivity contribution in [1.82, 2.24) is 25.1 Å². The van der Waals surface area contributed by atoms with Crippen LogP contribution in [0.5, 0.6) is 0 Å². The van der Waals surface area contributed by atoms with E-state index in [0.717, 1.165) is 43.9 Å². The van der Waals surface area contributed by atoms with Crippen molar-refractivity contribution in [2.75, 3.05) is 6.54 Å². The van der Waals surface area contributed by atoms with Gasteiger partial charge in [0, 0.05) is 24.4 Å². The largest absolute Gasteiger partial charge is 0.313 e. The quantitative estimate of drug-likeness (QED) is 0.786. The van der Waals surface area contributed by atoms with Crippen molar-refractivity contribution in [2.45, 2.75) is 46.6 Å². The molecule has 5 nitrogen and oxygen atoms in total. The van der Waals surface area contributed by atoms with Gasteiger partial charge in [0.25, 0.3) is 0 Å². The molecule has 0 bridgehead atoms. The van der Waals surface area contributed by atoms with Gasteiger partial charge >= 0.3 is 0 Å². The number of rotatable bonds is 7. The molecule has 2 aromatic rings. The van der Waals surface area contributed by atoms with E-state index >= 15 is 0 Å². The standard InChI is InChI=1S/C15H23N5/c1-4-8-16-10-12-13(5-2)19-20(14(12)6-3)15-7-9-17-11-18-15/h7,9,11,16H,4-6,8,10H2,1-3H3. The summed E-state index contributed by atoms with van der Waals surface area (Å²) in [7, 11) is 0. The summed E-state index contributed by atoms with van der Waals surface area (Å²) in [5, 5.41) is 8.21. The predicted octanol–water partition coefficient (Wildman–Crippen LogP) is 2.29. The molecule has 0 saturated heterocycles. The van der Waals surface area contributed by atoms with Crippen LogP contribution in [0.2, 0.25) is 0 Å². The first-order valence-electron chi connectivity index (χ1n) is 7.38. The molecular formula is C15H23N5. The molecular weight excluding hydrogens is 250 g/mol. The van der Waals surface area contributed by atoms with Gasteiger partial charge in [0.2, 0.25) is 0 Å². The van der Waals surface area contributed by atoms with Crippen LogP contribution in [0, 0.1) is 0 Å². The molecule has 0 aromatic carbocycles. The molecule has 1 N–H and O–H groups in total. The predicted molar refractivity (Wildman–Crippen MR) is 79.9 cm³/mol. The molecule has 20 heavy (non-hydrogen) atoms. The maximum atomic E-state index is 4.73. The van der Waals surface area contributed by atoms with Crippen molar-refractivity contribution in [3.8, 4) is 5.82 Å².